The van der Waals surface area contributed by atoms with Crippen LogP contribution < -0.4 is 5.32 Å². The Morgan fingerprint density at radius 3 is 2.27 bits per heavy atom. The summed E-state index contributed by atoms with van der Waals surface area (Å²) in [5.74, 6) is -0.453. The molecule has 158 valence electrons. The number of imide groups is 1. The average Bonchev–Trinajstić information content (AvgIpc) is 3.00. The molecule has 1 saturated heterocycles. The summed E-state index contributed by atoms with van der Waals surface area (Å²) < 4.78 is 2.03. The summed E-state index contributed by atoms with van der Waals surface area (Å²) in [5.41, 5.74) is 3.66. The lowest BCUT2D eigenvalue weighted by molar-refractivity contribution is -0.131. The van der Waals surface area contributed by atoms with Gasteiger partial charge in [-0.1, -0.05) is 43.4 Å². The highest BCUT2D eigenvalue weighted by Gasteiger charge is 2.51. The summed E-state index contributed by atoms with van der Waals surface area (Å²) >= 11 is 0. The van der Waals surface area contributed by atoms with Gasteiger partial charge in [0.1, 0.15) is 5.54 Å². The van der Waals surface area contributed by atoms with Crippen molar-refractivity contribution >= 4 is 17.7 Å². The highest BCUT2D eigenvalue weighted by molar-refractivity contribution is 6.11. The van der Waals surface area contributed by atoms with E-state index in [1.807, 2.05) is 55.7 Å². The third-order valence-corrected chi connectivity index (χ3v) is 6.53. The van der Waals surface area contributed by atoms with Crippen LogP contribution in [0.4, 0.5) is 4.79 Å². The first kappa shape index (κ1) is 20.4. The number of nitrogens with one attached hydrogen (secondary N) is 1. The lowest BCUT2D eigenvalue weighted by Crippen LogP contribution is -2.46. The molecule has 3 amide bonds. The number of urea groups is 1. The molecule has 1 aliphatic heterocycles. The molecule has 0 atom stereocenters. The molecule has 6 heteroatoms. The average molecular weight is 408 g/mol. The number of benzene rings is 1. The normalized spacial score (nSPS) is 18.6. The van der Waals surface area contributed by atoms with Crippen LogP contribution in [0.1, 0.15) is 65.8 Å². The Bertz CT molecular complexity index is 995. The van der Waals surface area contributed by atoms with Crippen molar-refractivity contribution in [1.29, 1.82) is 0 Å². The van der Waals surface area contributed by atoms with E-state index in [1.54, 1.807) is 0 Å². The molecule has 6 nitrogen and oxygen atoms in total. The number of nitrogens with zero attached hydrogens (tertiary/aromatic N) is 2. The van der Waals surface area contributed by atoms with E-state index in [0.29, 0.717) is 18.4 Å². The number of ketones is 1. The smallest absolute Gasteiger partial charge is 0.323 e. The summed E-state index contributed by atoms with van der Waals surface area (Å²) in [6, 6.07) is 9.53. The number of Topliss-reactive ketones (excluding diaryl/α,β-unsaturated/α-hetero) is 1. The number of hydrogen-bond donors (Lipinski definition) is 1. The monoisotopic (exact) mass is 407 g/mol. The van der Waals surface area contributed by atoms with Gasteiger partial charge in [-0.3, -0.25) is 14.5 Å². The zero-order valence-electron chi connectivity index (χ0n) is 18.0. The third kappa shape index (κ3) is 3.44. The van der Waals surface area contributed by atoms with Crippen molar-refractivity contribution in [2.45, 2.75) is 64.8 Å². The molecule has 1 aromatic carbocycles. The Morgan fingerprint density at radius 1 is 1.00 bits per heavy atom. The highest BCUT2D eigenvalue weighted by Crippen LogP contribution is 2.33. The first-order valence-electron chi connectivity index (χ1n) is 10.8. The zero-order chi connectivity index (χ0) is 21.5. The summed E-state index contributed by atoms with van der Waals surface area (Å²) in [5, 5.41) is 2.91. The van der Waals surface area contributed by atoms with E-state index < -0.39 is 11.6 Å². The first-order valence-corrected chi connectivity index (χ1v) is 10.8. The topological polar surface area (TPSA) is 71.4 Å². The molecule has 0 bridgehead atoms. The quantitative estimate of drug-likeness (QED) is 0.609. The molecular formula is C24H29N3O3. The van der Waals surface area contributed by atoms with Gasteiger partial charge in [0.2, 0.25) is 0 Å². The van der Waals surface area contributed by atoms with Crippen LogP contribution in [0.3, 0.4) is 0 Å². The standard InChI is InChI=1S/C24H29N3O3/c1-16-8-10-19(11-9-16)27-17(2)14-20(18(27)3)21(28)15-26-22(29)24(25-23(26)30)12-6-4-5-7-13-24/h8-11,14H,4-7,12-13,15H2,1-3H3,(H,25,30). The molecule has 1 saturated carbocycles. The molecular weight excluding hydrogens is 378 g/mol. The van der Waals surface area contributed by atoms with Gasteiger partial charge in [-0.15, -0.1) is 0 Å². The fourth-order valence-corrected chi connectivity index (χ4v) is 4.86. The maximum atomic E-state index is 13.1. The maximum Gasteiger partial charge on any atom is 0.325 e. The second kappa shape index (κ2) is 7.74. The Labute approximate surface area is 177 Å². The van der Waals surface area contributed by atoms with Gasteiger partial charge in [0, 0.05) is 22.6 Å². The van der Waals surface area contributed by atoms with E-state index in [4.69, 9.17) is 0 Å². The highest BCUT2D eigenvalue weighted by atomic mass is 16.2. The molecule has 1 aromatic heterocycles. The second-order valence-corrected chi connectivity index (χ2v) is 8.70. The van der Waals surface area contributed by atoms with E-state index in [9.17, 15) is 14.4 Å². The minimum atomic E-state index is -0.813. The van der Waals surface area contributed by atoms with Crippen LogP contribution in [0.25, 0.3) is 5.69 Å². The molecule has 0 unspecified atom stereocenters. The van der Waals surface area contributed by atoms with Gasteiger partial charge in [0.05, 0.1) is 6.54 Å². The fraction of sp³-hybridized carbons (Fsp3) is 0.458. The molecule has 2 aliphatic rings. The van der Waals surface area contributed by atoms with Crippen molar-refractivity contribution in [3.8, 4) is 5.69 Å². The number of carbonyl (C=O) groups excluding carboxylic acids is 3. The Balaban J connectivity index is 1.57. The van der Waals surface area contributed by atoms with Crippen LogP contribution >= 0.6 is 0 Å². The van der Waals surface area contributed by atoms with Gasteiger partial charge in [-0.25, -0.2) is 4.79 Å². The van der Waals surface area contributed by atoms with E-state index in [2.05, 4.69) is 5.32 Å². The molecule has 0 radical (unpaired) electrons. The van der Waals surface area contributed by atoms with Crippen LogP contribution in [-0.2, 0) is 4.79 Å². The molecule has 30 heavy (non-hydrogen) atoms. The van der Waals surface area contributed by atoms with Gasteiger partial charge in [0.25, 0.3) is 5.91 Å². The molecule has 2 aromatic rings. The number of hydrogen-bond acceptors (Lipinski definition) is 3. The van der Waals surface area contributed by atoms with E-state index in [-0.39, 0.29) is 18.2 Å². The summed E-state index contributed by atoms with van der Waals surface area (Å²) in [7, 11) is 0. The largest absolute Gasteiger partial charge is 0.325 e. The SMILES string of the molecule is Cc1ccc(-n2c(C)cc(C(=O)CN3C(=O)NC4(CCCCCC4)C3=O)c2C)cc1. The van der Waals surface area contributed by atoms with Gasteiger partial charge in [0.15, 0.2) is 5.78 Å². The Hall–Kier alpha value is -2.89. The molecule has 1 spiro atoms. The van der Waals surface area contributed by atoms with Gasteiger partial charge >= 0.3 is 6.03 Å². The van der Waals surface area contributed by atoms with Crippen molar-refractivity contribution < 1.29 is 14.4 Å². The number of amides is 3. The minimum absolute atomic E-state index is 0.212. The van der Waals surface area contributed by atoms with Crippen LogP contribution in [0.2, 0.25) is 0 Å². The van der Waals surface area contributed by atoms with E-state index in [0.717, 1.165) is 47.7 Å². The van der Waals surface area contributed by atoms with Crippen molar-refractivity contribution in [1.82, 2.24) is 14.8 Å². The van der Waals surface area contributed by atoms with Gasteiger partial charge in [-0.05, 0) is 51.8 Å². The summed E-state index contributed by atoms with van der Waals surface area (Å²) in [6.07, 6.45) is 5.31. The van der Waals surface area contributed by atoms with Crippen LogP contribution in [-0.4, -0.2) is 39.3 Å². The van der Waals surface area contributed by atoms with E-state index in [1.165, 1.54) is 5.56 Å². The van der Waals surface area contributed by atoms with Gasteiger partial charge < -0.3 is 9.88 Å². The molecule has 4 rings (SSSR count). The predicted octanol–water partition coefficient (Wildman–Crippen LogP) is 4.23. The van der Waals surface area contributed by atoms with Crippen molar-refractivity contribution in [2.24, 2.45) is 0 Å². The molecule has 1 aliphatic carbocycles. The first-order chi connectivity index (χ1) is 14.3. The number of aromatic nitrogens is 1. The minimum Gasteiger partial charge on any atom is -0.323 e. The van der Waals surface area contributed by atoms with Crippen molar-refractivity contribution in [3.05, 3.63) is 52.8 Å². The number of rotatable bonds is 4. The summed E-state index contributed by atoms with van der Waals surface area (Å²) in [4.78, 5) is 39.9. The number of carbonyl (C=O) groups is 3. The lowest BCUT2D eigenvalue weighted by Gasteiger charge is -2.24. The lowest BCUT2D eigenvalue weighted by atomic mass is 9.90. The van der Waals surface area contributed by atoms with Gasteiger partial charge in [-0.2, -0.15) is 0 Å². The summed E-state index contributed by atoms with van der Waals surface area (Å²) in [6.45, 7) is 5.68. The Kier molecular flexibility index (Phi) is 5.26. The second-order valence-electron chi connectivity index (χ2n) is 8.70. The third-order valence-electron chi connectivity index (χ3n) is 6.53. The molecule has 1 N–H and O–H groups in total. The maximum absolute atomic E-state index is 13.1. The molecule has 2 heterocycles. The zero-order valence-corrected chi connectivity index (χ0v) is 18.0. The Morgan fingerprint density at radius 2 is 1.63 bits per heavy atom. The molecule has 2 fully saturated rings. The number of aryl methyl sites for hydroxylation is 2. The van der Waals surface area contributed by atoms with Crippen molar-refractivity contribution in [2.75, 3.05) is 6.54 Å². The fourth-order valence-electron chi connectivity index (χ4n) is 4.86. The van der Waals surface area contributed by atoms with Crippen LogP contribution in [0.5, 0.6) is 0 Å². The van der Waals surface area contributed by atoms with Crippen LogP contribution in [0, 0.1) is 20.8 Å². The van der Waals surface area contributed by atoms with Crippen molar-refractivity contribution in [3.63, 3.8) is 0 Å². The van der Waals surface area contributed by atoms with Crippen LogP contribution in [0.15, 0.2) is 30.3 Å². The van der Waals surface area contributed by atoms with E-state index >= 15 is 0 Å². The predicted molar refractivity (Wildman–Crippen MR) is 115 cm³/mol.